The monoisotopic (exact) mass is 104 g/mol. The maximum atomic E-state index is 3.70. The van der Waals surface area contributed by atoms with Gasteiger partial charge in [-0.1, -0.05) is 0 Å². The molecule has 0 aliphatic rings. The second kappa shape index (κ2) is 4.98. The molecule has 0 saturated carbocycles. The average Bonchev–Trinajstić information content (AvgIpc) is 1.61. The molecule has 0 heterocycles. The fourth-order valence-electron chi connectivity index (χ4n) is 0.105. The summed E-state index contributed by atoms with van der Waals surface area (Å²) in [7, 11) is 3.59. The molecule has 0 unspecified atom stereocenters. The molecule has 3 heteroatoms. The molecule has 0 bridgehead atoms. The minimum atomic E-state index is 1.47. The highest BCUT2D eigenvalue weighted by Crippen LogP contribution is 1.78. The van der Waals surface area contributed by atoms with E-state index >= 15 is 0 Å². The van der Waals surface area contributed by atoms with Crippen LogP contribution in [0.15, 0.2) is 4.99 Å². The Kier molecular flexibility index (Phi) is 4.96. The third-order valence-corrected chi connectivity index (χ3v) is 0.828. The first-order chi connectivity index (χ1) is 2.91. The van der Waals surface area contributed by atoms with Gasteiger partial charge in [0.05, 0.1) is 5.55 Å². The van der Waals surface area contributed by atoms with E-state index in [9.17, 15) is 0 Å². The molecule has 0 fully saturated rings. The van der Waals surface area contributed by atoms with Crippen LogP contribution in [-0.2, 0) is 0 Å². The van der Waals surface area contributed by atoms with E-state index in [2.05, 4.69) is 9.71 Å². The predicted octanol–water partition coefficient (Wildman–Crippen LogP) is 0.512. The quantitative estimate of drug-likeness (QED) is 0.313. The first kappa shape index (κ1) is 5.98. The minimum absolute atomic E-state index is 1.47. The summed E-state index contributed by atoms with van der Waals surface area (Å²) in [5.74, 6) is 0. The summed E-state index contributed by atoms with van der Waals surface area (Å²) in [5, 5.41) is 0. The molecule has 2 nitrogen and oxygen atoms in total. The molecule has 0 aromatic heterocycles. The Labute approximate surface area is 42.2 Å². The van der Waals surface area contributed by atoms with Crippen molar-refractivity contribution >= 4 is 17.5 Å². The molecule has 0 atom stereocenters. The maximum Gasteiger partial charge on any atom is 0.0690 e. The van der Waals surface area contributed by atoms with Gasteiger partial charge >= 0.3 is 0 Å². The van der Waals surface area contributed by atoms with Gasteiger partial charge in [0.1, 0.15) is 0 Å². The molecule has 0 saturated heterocycles. The van der Waals surface area contributed by atoms with Crippen molar-refractivity contribution in [3.63, 3.8) is 0 Å². The third kappa shape index (κ3) is 3.98. The van der Waals surface area contributed by atoms with E-state index in [4.69, 9.17) is 0 Å². The van der Waals surface area contributed by atoms with Crippen molar-refractivity contribution in [1.82, 2.24) is 4.72 Å². The highest BCUT2D eigenvalue weighted by molar-refractivity contribution is 8.10. The second-order valence-electron chi connectivity index (χ2n) is 0.686. The number of hydrogen-bond donors (Lipinski definition) is 1. The van der Waals surface area contributed by atoms with Crippen molar-refractivity contribution in [2.75, 3.05) is 14.1 Å². The van der Waals surface area contributed by atoms with Gasteiger partial charge in [0.25, 0.3) is 0 Å². The van der Waals surface area contributed by atoms with Crippen LogP contribution in [-0.4, -0.2) is 19.6 Å². The van der Waals surface area contributed by atoms with Gasteiger partial charge in [0.15, 0.2) is 0 Å². The third-order valence-electron chi connectivity index (χ3n) is 0.276. The molecule has 0 spiro atoms. The van der Waals surface area contributed by atoms with Gasteiger partial charge in [-0.25, -0.2) is 0 Å². The van der Waals surface area contributed by atoms with Gasteiger partial charge in [-0.3, -0.25) is 9.71 Å². The molecule has 0 aromatic rings. The molecule has 36 valence electrons. The Morgan fingerprint density at radius 1 is 1.83 bits per heavy atom. The number of aliphatic imine (C=N–C) groups is 1. The Morgan fingerprint density at radius 2 is 2.50 bits per heavy atom. The maximum absolute atomic E-state index is 3.70. The fourth-order valence-corrected chi connectivity index (χ4v) is 0.316. The lowest BCUT2D eigenvalue weighted by Gasteiger charge is -1.80. The van der Waals surface area contributed by atoms with E-state index in [1.165, 1.54) is 11.9 Å². The van der Waals surface area contributed by atoms with Gasteiger partial charge in [0, 0.05) is 7.05 Å². The number of hydrogen-bond acceptors (Lipinski definition) is 3. The predicted molar refractivity (Wildman–Crippen MR) is 31.1 cm³/mol. The topological polar surface area (TPSA) is 24.4 Å². The largest absolute Gasteiger partial charge is 0.288 e. The van der Waals surface area contributed by atoms with Crippen molar-refractivity contribution in [3.05, 3.63) is 0 Å². The van der Waals surface area contributed by atoms with E-state index in [1.807, 2.05) is 7.05 Å². The summed E-state index contributed by atoms with van der Waals surface area (Å²) < 4.78 is 2.84. The van der Waals surface area contributed by atoms with E-state index < -0.39 is 0 Å². The molecule has 0 aliphatic heterocycles. The molecule has 0 rings (SSSR count). The van der Waals surface area contributed by atoms with Crippen LogP contribution in [0.2, 0.25) is 0 Å². The lowest BCUT2D eigenvalue weighted by atomic mass is 11.4. The standard InChI is InChI=1S/C3H8N2S/c1-4-3-6-5-2/h3,5H,1-2H3/b4-3-. The summed E-state index contributed by atoms with van der Waals surface area (Å²) in [4.78, 5) is 3.70. The summed E-state index contributed by atoms with van der Waals surface area (Å²) >= 11 is 1.47. The average molecular weight is 104 g/mol. The van der Waals surface area contributed by atoms with Crippen molar-refractivity contribution in [2.45, 2.75) is 0 Å². The number of nitrogens with zero attached hydrogens (tertiary/aromatic N) is 1. The first-order valence-corrected chi connectivity index (χ1v) is 2.52. The van der Waals surface area contributed by atoms with Gasteiger partial charge in [0.2, 0.25) is 0 Å². The highest BCUT2D eigenvalue weighted by Gasteiger charge is 1.62. The Balaban J connectivity index is 2.66. The van der Waals surface area contributed by atoms with Gasteiger partial charge in [-0.05, 0) is 19.0 Å². The molecule has 0 aromatic carbocycles. The van der Waals surface area contributed by atoms with Crippen molar-refractivity contribution < 1.29 is 0 Å². The summed E-state index contributed by atoms with van der Waals surface area (Å²) in [6.45, 7) is 0. The molecular formula is C3H8N2S. The van der Waals surface area contributed by atoms with Crippen LogP contribution in [0.4, 0.5) is 0 Å². The Bertz CT molecular complexity index is 44.1. The van der Waals surface area contributed by atoms with Crippen LogP contribution in [0, 0.1) is 0 Å². The first-order valence-electron chi connectivity index (χ1n) is 1.65. The lowest BCUT2D eigenvalue weighted by Crippen LogP contribution is -1.88. The highest BCUT2D eigenvalue weighted by atomic mass is 32.2. The molecule has 1 N–H and O–H groups in total. The van der Waals surface area contributed by atoms with Gasteiger partial charge in [-0.15, -0.1) is 0 Å². The van der Waals surface area contributed by atoms with Crippen LogP contribution in [0.3, 0.4) is 0 Å². The van der Waals surface area contributed by atoms with Gasteiger partial charge < -0.3 is 0 Å². The summed E-state index contributed by atoms with van der Waals surface area (Å²) in [6.07, 6.45) is 0. The molecule has 6 heavy (non-hydrogen) atoms. The van der Waals surface area contributed by atoms with Crippen molar-refractivity contribution in [3.8, 4) is 0 Å². The van der Waals surface area contributed by atoms with Crippen LogP contribution < -0.4 is 4.72 Å². The summed E-state index contributed by atoms with van der Waals surface area (Å²) in [5.41, 5.74) is 1.74. The van der Waals surface area contributed by atoms with E-state index in [-0.39, 0.29) is 0 Å². The zero-order valence-corrected chi connectivity index (χ0v) is 4.75. The van der Waals surface area contributed by atoms with Crippen LogP contribution in [0.25, 0.3) is 0 Å². The minimum Gasteiger partial charge on any atom is -0.288 e. The molecule has 0 aliphatic carbocycles. The molecule has 0 amide bonds. The van der Waals surface area contributed by atoms with E-state index in [1.54, 1.807) is 12.6 Å². The van der Waals surface area contributed by atoms with Crippen molar-refractivity contribution in [1.29, 1.82) is 0 Å². The van der Waals surface area contributed by atoms with Crippen LogP contribution in [0.5, 0.6) is 0 Å². The molecular weight excluding hydrogens is 96.1 g/mol. The molecule has 0 radical (unpaired) electrons. The Morgan fingerprint density at radius 3 is 2.67 bits per heavy atom. The van der Waals surface area contributed by atoms with Crippen molar-refractivity contribution in [2.24, 2.45) is 4.99 Å². The lowest BCUT2D eigenvalue weighted by molar-refractivity contribution is 1.31. The number of nitrogens with one attached hydrogen (secondary N) is 1. The number of rotatable bonds is 2. The SMILES string of the molecule is C/N=C\SNC. The van der Waals surface area contributed by atoms with Crippen LogP contribution in [0.1, 0.15) is 0 Å². The second-order valence-corrected chi connectivity index (χ2v) is 1.54. The smallest absolute Gasteiger partial charge is 0.0690 e. The zero-order valence-electron chi connectivity index (χ0n) is 3.93. The van der Waals surface area contributed by atoms with Crippen LogP contribution >= 0.6 is 11.9 Å². The van der Waals surface area contributed by atoms with Gasteiger partial charge in [-0.2, -0.15) is 0 Å². The van der Waals surface area contributed by atoms with E-state index in [0.29, 0.717) is 0 Å². The van der Waals surface area contributed by atoms with E-state index in [0.717, 1.165) is 0 Å². The zero-order chi connectivity index (χ0) is 4.83. The fraction of sp³-hybridized carbons (Fsp3) is 0.667. The summed E-state index contributed by atoms with van der Waals surface area (Å²) in [6, 6.07) is 0. The normalized spacial score (nSPS) is 10.3. The Hall–Kier alpha value is -0.0200.